The first-order valence-corrected chi connectivity index (χ1v) is 9.56. The van der Waals surface area contributed by atoms with E-state index in [1.54, 1.807) is 22.9 Å². The lowest BCUT2D eigenvalue weighted by Gasteiger charge is -2.13. The van der Waals surface area contributed by atoms with Gasteiger partial charge in [0.25, 0.3) is 5.91 Å². The number of ether oxygens (including phenoxy) is 1. The van der Waals surface area contributed by atoms with E-state index in [-0.39, 0.29) is 29.7 Å². The van der Waals surface area contributed by atoms with Gasteiger partial charge < -0.3 is 15.8 Å². The fraction of sp³-hybridized carbons (Fsp3) is 0.143. The van der Waals surface area contributed by atoms with E-state index in [4.69, 9.17) is 10.5 Å². The number of nitrogens with two attached hydrogens (primary N) is 1. The smallest absolute Gasteiger partial charge is 0.416 e. The van der Waals surface area contributed by atoms with Crippen molar-refractivity contribution in [1.82, 2.24) is 24.8 Å². The van der Waals surface area contributed by atoms with Gasteiger partial charge in [-0.1, -0.05) is 0 Å². The molecule has 3 aromatic heterocycles. The van der Waals surface area contributed by atoms with Gasteiger partial charge in [-0.15, -0.1) is 0 Å². The molecule has 4 heterocycles. The van der Waals surface area contributed by atoms with Crippen LogP contribution in [0.3, 0.4) is 0 Å². The van der Waals surface area contributed by atoms with Gasteiger partial charge in [0.1, 0.15) is 23.6 Å². The van der Waals surface area contributed by atoms with Crippen molar-refractivity contribution in [3.8, 4) is 23.1 Å². The molecule has 3 N–H and O–H groups in total. The number of hydrogen-bond donors (Lipinski definition) is 2. The fourth-order valence-corrected chi connectivity index (χ4v) is 3.55. The second kappa shape index (κ2) is 7.22. The monoisotopic (exact) mass is 440 g/mol. The van der Waals surface area contributed by atoms with Gasteiger partial charge in [0.05, 0.1) is 17.8 Å². The van der Waals surface area contributed by atoms with E-state index in [0.29, 0.717) is 23.6 Å². The highest BCUT2D eigenvalue weighted by molar-refractivity contribution is 6.01. The number of anilines is 1. The third-order valence-electron chi connectivity index (χ3n) is 5.00. The minimum absolute atomic E-state index is 0.0414. The number of benzene rings is 1. The Labute approximate surface area is 178 Å². The van der Waals surface area contributed by atoms with Crippen LogP contribution in [0.4, 0.5) is 19.0 Å². The molecular formula is C21H15F3N6O2. The minimum Gasteiger partial charge on any atom is -0.475 e. The first-order valence-electron chi connectivity index (χ1n) is 9.56. The van der Waals surface area contributed by atoms with Crippen LogP contribution in [0.2, 0.25) is 0 Å². The van der Waals surface area contributed by atoms with Crippen LogP contribution >= 0.6 is 0 Å². The second-order valence-corrected chi connectivity index (χ2v) is 7.04. The number of carbonyl (C=O) groups is 1. The standard InChI is InChI=1S/C21H15F3N6O2/c22-21(23,24)12-3-5-13(6-4-12)30-14(10-11-2-1-7-26-18(11)30)17-28-16(25)15-19(31)27-8-9-32-20(15)29-17/h1-7,10H,8-9H2,(H,27,31)(H2,25,28,29). The molecule has 0 bridgehead atoms. The van der Waals surface area contributed by atoms with Crippen molar-refractivity contribution >= 4 is 22.8 Å². The molecule has 0 spiro atoms. The Morgan fingerprint density at radius 3 is 2.66 bits per heavy atom. The number of halogens is 3. The summed E-state index contributed by atoms with van der Waals surface area (Å²) >= 11 is 0. The van der Waals surface area contributed by atoms with Gasteiger partial charge in [0, 0.05) is 17.3 Å². The van der Waals surface area contributed by atoms with Crippen LogP contribution in [0.15, 0.2) is 48.7 Å². The van der Waals surface area contributed by atoms with Gasteiger partial charge in [-0.3, -0.25) is 9.36 Å². The molecule has 5 rings (SSSR count). The third kappa shape index (κ3) is 3.27. The topological polar surface area (TPSA) is 108 Å². The summed E-state index contributed by atoms with van der Waals surface area (Å²) < 4.78 is 46.3. The van der Waals surface area contributed by atoms with Gasteiger partial charge in [-0.25, -0.2) is 9.97 Å². The molecule has 0 aliphatic carbocycles. The second-order valence-electron chi connectivity index (χ2n) is 7.04. The maximum atomic E-state index is 13.0. The number of nitrogen functional groups attached to an aromatic ring is 1. The Bertz CT molecular complexity index is 1350. The van der Waals surface area contributed by atoms with E-state index >= 15 is 0 Å². The van der Waals surface area contributed by atoms with E-state index in [1.807, 2.05) is 6.07 Å². The van der Waals surface area contributed by atoms with E-state index in [2.05, 4.69) is 20.3 Å². The van der Waals surface area contributed by atoms with Crippen LogP contribution in [0.1, 0.15) is 15.9 Å². The van der Waals surface area contributed by atoms with Gasteiger partial charge in [-0.2, -0.15) is 18.2 Å². The fourth-order valence-electron chi connectivity index (χ4n) is 3.55. The van der Waals surface area contributed by atoms with Crippen molar-refractivity contribution in [3.05, 3.63) is 59.8 Å². The average molecular weight is 440 g/mol. The molecule has 1 aliphatic heterocycles. The van der Waals surface area contributed by atoms with Gasteiger partial charge in [0.2, 0.25) is 5.88 Å². The summed E-state index contributed by atoms with van der Waals surface area (Å²) in [5.41, 5.74) is 6.68. The molecule has 8 nitrogen and oxygen atoms in total. The summed E-state index contributed by atoms with van der Waals surface area (Å²) in [4.78, 5) is 25.3. The largest absolute Gasteiger partial charge is 0.475 e. The predicted octanol–water partition coefficient (Wildman–Crippen LogP) is 3.21. The highest BCUT2D eigenvalue weighted by Gasteiger charge is 2.30. The molecule has 32 heavy (non-hydrogen) atoms. The lowest BCUT2D eigenvalue weighted by atomic mass is 10.2. The Morgan fingerprint density at radius 1 is 1.12 bits per heavy atom. The summed E-state index contributed by atoms with van der Waals surface area (Å²) in [6.07, 6.45) is -2.88. The molecule has 11 heteroatoms. The normalized spacial score (nSPS) is 13.9. The van der Waals surface area contributed by atoms with Gasteiger partial charge >= 0.3 is 6.18 Å². The molecule has 0 saturated carbocycles. The van der Waals surface area contributed by atoms with Crippen molar-refractivity contribution in [2.75, 3.05) is 18.9 Å². The van der Waals surface area contributed by atoms with Crippen molar-refractivity contribution in [1.29, 1.82) is 0 Å². The van der Waals surface area contributed by atoms with E-state index in [9.17, 15) is 18.0 Å². The number of fused-ring (bicyclic) bond motifs is 2. The van der Waals surface area contributed by atoms with Gasteiger partial charge in [-0.05, 0) is 42.5 Å². The maximum Gasteiger partial charge on any atom is 0.416 e. The summed E-state index contributed by atoms with van der Waals surface area (Å²) in [5.74, 6) is -0.318. The number of aromatic nitrogens is 4. The molecule has 1 aromatic carbocycles. The number of nitrogens with zero attached hydrogens (tertiary/aromatic N) is 4. The number of carbonyl (C=O) groups excluding carboxylic acids is 1. The first-order chi connectivity index (χ1) is 15.3. The molecule has 0 radical (unpaired) electrons. The van der Waals surface area contributed by atoms with Crippen LogP contribution in [0.5, 0.6) is 5.88 Å². The quantitative estimate of drug-likeness (QED) is 0.496. The SMILES string of the molecule is Nc1nc(-c2cc3cccnc3n2-c2ccc(C(F)(F)F)cc2)nc2c1C(=O)NCCO2. The summed E-state index contributed by atoms with van der Waals surface area (Å²) in [6, 6.07) is 9.97. The number of alkyl halides is 3. The zero-order chi connectivity index (χ0) is 22.5. The summed E-state index contributed by atoms with van der Waals surface area (Å²) in [6.45, 7) is 0.498. The minimum atomic E-state index is -4.45. The molecular weight excluding hydrogens is 425 g/mol. The lowest BCUT2D eigenvalue weighted by Crippen LogP contribution is -2.25. The van der Waals surface area contributed by atoms with Crippen molar-refractivity contribution < 1.29 is 22.7 Å². The average Bonchev–Trinajstić information content (AvgIpc) is 3.04. The zero-order valence-corrected chi connectivity index (χ0v) is 16.3. The zero-order valence-electron chi connectivity index (χ0n) is 16.3. The van der Waals surface area contributed by atoms with Crippen LogP contribution < -0.4 is 15.8 Å². The summed E-state index contributed by atoms with van der Waals surface area (Å²) in [7, 11) is 0. The highest BCUT2D eigenvalue weighted by atomic mass is 19.4. The first kappa shape index (κ1) is 19.8. The third-order valence-corrected chi connectivity index (χ3v) is 5.00. The van der Waals surface area contributed by atoms with E-state index < -0.39 is 17.6 Å². The maximum absolute atomic E-state index is 13.0. The van der Waals surface area contributed by atoms with Crippen LogP contribution in [-0.4, -0.2) is 38.6 Å². The Balaban J connectivity index is 1.72. The van der Waals surface area contributed by atoms with E-state index in [1.165, 1.54) is 12.1 Å². The number of rotatable bonds is 2. The van der Waals surface area contributed by atoms with Crippen LogP contribution in [0.25, 0.3) is 28.2 Å². The highest BCUT2D eigenvalue weighted by Crippen LogP contribution is 2.34. The molecule has 0 atom stereocenters. The number of nitrogens with one attached hydrogen (secondary N) is 1. The Hall–Kier alpha value is -4.15. The van der Waals surface area contributed by atoms with Crippen molar-refractivity contribution in [2.45, 2.75) is 6.18 Å². The summed E-state index contributed by atoms with van der Waals surface area (Å²) in [5, 5.41) is 3.37. The van der Waals surface area contributed by atoms with Gasteiger partial charge in [0.15, 0.2) is 5.82 Å². The molecule has 0 unspecified atom stereocenters. The number of hydrogen-bond acceptors (Lipinski definition) is 6. The molecule has 0 fully saturated rings. The molecule has 162 valence electrons. The van der Waals surface area contributed by atoms with E-state index in [0.717, 1.165) is 17.5 Å². The van der Waals surface area contributed by atoms with Crippen LogP contribution in [-0.2, 0) is 6.18 Å². The Kier molecular flexibility index (Phi) is 4.47. The lowest BCUT2D eigenvalue weighted by molar-refractivity contribution is -0.137. The van der Waals surface area contributed by atoms with Crippen LogP contribution in [0, 0.1) is 0 Å². The Morgan fingerprint density at radius 2 is 1.91 bits per heavy atom. The number of amides is 1. The molecule has 1 amide bonds. The predicted molar refractivity (Wildman–Crippen MR) is 109 cm³/mol. The van der Waals surface area contributed by atoms with Crippen molar-refractivity contribution in [3.63, 3.8) is 0 Å². The molecule has 1 aliphatic rings. The number of pyridine rings is 1. The molecule has 0 saturated heterocycles. The molecule has 4 aromatic rings. The van der Waals surface area contributed by atoms with Crippen molar-refractivity contribution in [2.24, 2.45) is 0 Å².